The van der Waals surface area contributed by atoms with Crippen LogP contribution in [0.3, 0.4) is 0 Å². The highest BCUT2D eigenvalue weighted by Crippen LogP contribution is 2.35. The summed E-state index contributed by atoms with van der Waals surface area (Å²) in [6.45, 7) is 2.65. The summed E-state index contributed by atoms with van der Waals surface area (Å²) in [5.74, 6) is 0. The van der Waals surface area contributed by atoms with Crippen molar-refractivity contribution in [3.8, 4) is 0 Å². The molecule has 1 aromatic heterocycles. The zero-order chi connectivity index (χ0) is 14.5. The lowest BCUT2D eigenvalue weighted by atomic mass is 10.3. The molecule has 0 aliphatic rings. The highest BCUT2D eigenvalue weighted by atomic mass is 79.9. The fourth-order valence-corrected chi connectivity index (χ4v) is 2.98. The van der Waals surface area contributed by atoms with Crippen LogP contribution in [0.15, 0.2) is 50.9 Å². The number of aromatic nitrogens is 1. The van der Waals surface area contributed by atoms with Gasteiger partial charge < -0.3 is 5.32 Å². The van der Waals surface area contributed by atoms with E-state index >= 15 is 0 Å². The van der Waals surface area contributed by atoms with Crippen LogP contribution in [0.5, 0.6) is 0 Å². The van der Waals surface area contributed by atoms with Crippen molar-refractivity contribution < 1.29 is 4.92 Å². The van der Waals surface area contributed by atoms with E-state index in [2.05, 4.69) is 26.2 Å². The van der Waals surface area contributed by atoms with Gasteiger partial charge in [-0.1, -0.05) is 11.8 Å². The summed E-state index contributed by atoms with van der Waals surface area (Å²) in [5.41, 5.74) is 0.800. The van der Waals surface area contributed by atoms with Crippen LogP contribution >= 0.6 is 27.7 Å². The van der Waals surface area contributed by atoms with Gasteiger partial charge >= 0.3 is 0 Å². The predicted octanol–water partition coefficient (Wildman–Crippen LogP) is 4.34. The Morgan fingerprint density at radius 1 is 1.45 bits per heavy atom. The van der Waals surface area contributed by atoms with Crippen LogP contribution < -0.4 is 5.32 Å². The van der Waals surface area contributed by atoms with Crippen LogP contribution in [0.1, 0.15) is 6.92 Å². The van der Waals surface area contributed by atoms with Gasteiger partial charge in [0, 0.05) is 35.5 Å². The number of rotatable bonds is 5. The minimum atomic E-state index is -0.391. The molecule has 1 N–H and O–H groups in total. The Bertz CT molecular complexity index is 637. The maximum Gasteiger partial charge on any atom is 0.272 e. The summed E-state index contributed by atoms with van der Waals surface area (Å²) >= 11 is 4.80. The first-order valence-corrected chi connectivity index (χ1v) is 7.53. The molecule has 0 bridgehead atoms. The molecule has 7 heteroatoms. The SMILES string of the molecule is CCNc1cc(Sc2ncccc2Br)cc([N+](=O)[O-])c1. The molecule has 0 fully saturated rings. The average Bonchev–Trinajstić information content (AvgIpc) is 2.41. The number of benzene rings is 1. The van der Waals surface area contributed by atoms with E-state index in [0.717, 1.165) is 20.1 Å². The van der Waals surface area contributed by atoms with E-state index in [1.54, 1.807) is 12.3 Å². The largest absolute Gasteiger partial charge is 0.385 e. The van der Waals surface area contributed by atoms with Crippen molar-refractivity contribution in [1.82, 2.24) is 4.98 Å². The Morgan fingerprint density at radius 3 is 2.90 bits per heavy atom. The van der Waals surface area contributed by atoms with Gasteiger partial charge in [-0.3, -0.25) is 10.1 Å². The molecule has 1 aromatic carbocycles. The molecular weight excluding hydrogens is 342 g/mol. The minimum Gasteiger partial charge on any atom is -0.385 e. The van der Waals surface area contributed by atoms with Crippen molar-refractivity contribution >= 4 is 39.1 Å². The Hall–Kier alpha value is -1.60. The molecule has 0 spiro atoms. The minimum absolute atomic E-state index is 0.0676. The van der Waals surface area contributed by atoms with E-state index in [1.165, 1.54) is 17.8 Å². The third-order valence-corrected chi connectivity index (χ3v) is 4.31. The normalized spacial score (nSPS) is 10.3. The predicted molar refractivity (Wildman–Crippen MR) is 83.3 cm³/mol. The standard InChI is InChI=1S/C13H12BrN3O2S/c1-2-15-9-6-10(17(18)19)8-11(7-9)20-13-12(14)4-3-5-16-13/h3-8,15H,2H2,1H3. The second kappa shape index (κ2) is 6.71. The fraction of sp³-hybridized carbons (Fsp3) is 0.154. The molecule has 20 heavy (non-hydrogen) atoms. The van der Waals surface area contributed by atoms with Crippen molar-refractivity contribution in [2.45, 2.75) is 16.8 Å². The van der Waals surface area contributed by atoms with E-state index in [0.29, 0.717) is 6.54 Å². The quantitative estimate of drug-likeness (QED) is 0.639. The van der Waals surface area contributed by atoms with Crippen molar-refractivity contribution in [2.24, 2.45) is 0 Å². The molecule has 1 heterocycles. The van der Waals surface area contributed by atoms with Crippen molar-refractivity contribution in [3.05, 3.63) is 51.1 Å². The molecular formula is C13H12BrN3O2S. The van der Waals surface area contributed by atoms with Crippen LogP contribution in [-0.2, 0) is 0 Å². The molecule has 0 amide bonds. The van der Waals surface area contributed by atoms with Crippen molar-refractivity contribution in [3.63, 3.8) is 0 Å². The van der Waals surface area contributed by atoms with Gasteiger partial charge in [-0.2, -0.15) is 0 Å². The van der Waals surface area contributed by atoms with Gasteiger partial charge in [0.25, 0.3) is 5.69 Å². The molecule has 0 atom stereocenters. The molecule has 0 saturated heterocycles. The highest BCUT2D eigenvalue weighted by molar-refractivity contribution is 9.10. The second-order valence-electron chi connectivity index (χ2n) is 3.90. The zero-order valence-electron chi connectivity index (χ0n) is 10.7. The highest BCUT2D eigenvalue weighted by Gasteiger charge is 2.12. The molecule has 0 radical (unpaired) electrons. The number of nitrogens with zero attached hydrogens (tertiary/aromatic N) is 2. The van der Waals surface area contributed by atoms with E-state index in [1.807, 2.05) is 25.1 Å². The van der Waals surface area contributed by atoms with Gasteiger partial charge in [-0.15, -0.1) is 0 Å². The summed E-state index contributed by atoms with van der Waals surface area (Å²) in [7, 11) is 0. The monoisotopic (exact) mass is 353 g/mol. The van der Waals surface area contributed by atoms with Crippen LogP contribution in [0, 0.1) is 10.1 Å². The average molecular weight is 354 g/mol. The van der Waals surface area contributed by atoms with Gasteiger partial charge in [0.1, 0.15) is 5.03 Å². The Balaban J connectivity index is 2.35. The number of non-ortho nitro benzene ring substituents is 1. The Kier molecular flexibility index (Phi) is 4.97. The molecule has 0 unspecified atom stereocenters. The number of nitrogens with one attached hydrogen (secondary N) is 1. The summed E-state index contributed by atoms with van der Waals surface area (Å²) in [4.78, 5) is 15.6. The van der Waals surface area contributed by atoms with Gasteiger partial charge in [-0.05, 0) is 41.1 Å². The number of hydrogen-bond acceptors (Lipinski definition) is 5. The van der Waals surface area contributed by atoms with Crippen LogP contribution in [0.2, 0.25) is 0 Å². The van der Waals surface area contributed by atoms with Crippen LogP contribution in [0.4, 0.5) is 11.4 Å². The zero-order valence-corrected chi connectivity index (χ0v) is 13.1. The molecule has 0 saturated carbocycles. The Labute approximate surface area is 129 Å². The van der Waals surface area contributed by atoms with Gasteiger partial charge in [0.2, 0.25) is 0 Å². The van der Waals surface area contributed by atoms with Crippen LogP contribution in [-0.4, -0.2) is 16.5 Å². The molecule has 2 rings (SSSR count). The van der Waals surface area contributed by atoms with Crippen molar-refractivity contribution in [1.29, 1.82) is 0 Å². The smallest absolute Gasteiger partial charge is 0.272 e. The number of pyridine rings is 1. The van der Waals surface area contributed by atoms with Gasteiger partial charge in [0.05, 0.1) is 9.40 Å². The molecule has 0 aliphatic carbocycles. The van der Waals surface area contributed by atoms with E-state index in [9.17, 15) is 10.1 Å². The maximum absolute atomic E-state index is 11.0. The van der Waals surface area contributed by atoms with E-state index in [4.69, 9.17) is 0 Å². The number of hydrogen-bond donors (Lipinski definition) is 1. The molecule has 0 aliphatic heterocycles. The lowest BCUT2D eigenvalue weighted by Gasteiger charge is -2.07. The summed E-state index contributed by atoms with van der Waals surface area (Å²) in [6, 6.07) is 8.67. The molecule has 5 nitrogen and oxygen atoms in total. The number of anilines is 1. The maximum atomic E-state index is 11.0. The third-order valence-electron chi connectivity index (χ3n) is 2.42. The third kappa shape index (κ3) is 3.71. The van der Waals surface area contributed by atoms with Crippen LogP contribution in [0.25, 0.3) is 0 Å². The van der Waals surface area contributed by atoms with Gasteiger partial charge in [0.15, 0.2) is 0 Å². The second-order valence-corrected chi connectivity index (χ2v) is 5.81. The summed E-state index contributed by atoms with van der Waals surface area (Å²) in [6.07, 6.45) is 1.69. The topological polar surface area (TPSA) is 68.1 Å². The lowest BCUT2D eigenvalue weighted by molar-refractivity contribution is -0.385. The Morgan fingerprint density at radius 2 is 2.25 bits per heavy atom. The number of halogens is 1. The summed E-state index contributed by atoms with van der Waals surface area (Å²) in [5, 5.41) is 14.8. The summed E-state index contributed by atoms with van der Waals surface area (Å²) < 4.78 is 0.863. The molecule has 104 valence electrons. The first-order chi connectivity index (χ1) is 9.60. The number of nitro groups is 1. The first-order valence-electron chi connectivity index (χ1n) is 5.92. The lowest BCUT2D eigenvalue weighted by Crippen LogP contribution is -1.98. The van der Waals surface area contributed by atoms with Crippen molar-refractivity contribution in [2.75, 3.05) is 11.9 Å². The van der Waals surface area contributed by atoms with Gasteiger partial charge in [-0.25, -0.2) is 4.98 Å². The molecule has 2 aromatic rings. The van der Waals surface area contributed by atoms with E-state index < -0.39 is 4.92 Å². The number of nitro benzene ring substituents is 1. The van der Waals surface area contributed by atoms with E-state index in [-0.39, 0.29) is 5.69 Å². The fourth-order valence-electron chi connectivity index (χ4n) is 1.61. The first kappa shape index (κ1) is 14.8.